The molecule has 122 valence electrons. The van der Waals surface area contributed by atoms with Gasteiger partial charge in [0.25, 0.3) is 5.91 Å². The van der Waals surface area contributed by atoms with Crippen LogP contribution in [-0.4, -0.2) is 58.5 Å². The predicted molar refractivity (Wildman–Crippen MR) is 81.9 cm³/mol. The van der Waals surface area contributed by atoms with E-state index in [0.29, 0.717) is 32.5 Å². The number of likely N-dealkylation sites (N-methyl/N-ethyl adjacent to an activating group) is 1. The van der Waals surface area contributed by atoms with Gasteiger partial charge in [-0.2, -0.15) is 0 Å². The fraction of sp³-hybridized carbons (Fsp3) is 0.438. The molecule has 0 aliphatic carbocycles. The zero-order valence-corrected chi connectivity index (χ0v) is 12.9. The lowest BCUT2D eigenvalue weighted by Gasteiger charge is -2.37. The molecule has 1 aromatic carbocycles. The summed E-state index contributed by atoms with van der Waals surface area (Å²) in [6.45, 7) is 1.99. The van der Waals surface area contributed by atoms with Crippen LogP contribution in [0.15, 0.2) is 24.3 Å². The summed E-state index contributed by atoms with van der Waals surface area (Å²) < 4.78 is 0. The Labute approximate surface area is 133 Å². The van der Waals surface area contributed by atoms with Gasteiger partial charge in [-0.1, -0.05) is 12.1 Å². The lowest BCUT2D eigenvalue weighted by Crippen LogP contribution is -2.54. The first kappa shape index (κ1) is 15.5. The van der Waals surface area contributed by atoms with E-state index in [4.69, 9.17) is 5.11 Å². The molecule has 2 fully saturated rings. The highest BCUT2D eigenvalue weighted by Gasteiger charge is 2.50. The van der Waals surface area contributed by atoms with E-state index in [2.05, 4.69) is 10.2 Å². The zero-order valence-electron chi connectivity index (χ0n) is 12.9. The third-order valence-electron chi connectivity index (χ3n) is 4.65. The Kier molecular flexibility index (Phi) is 3.81. The highest BCUT2D eigenvalue weighted by molar-refractivity contribution is 6.06. The number of carbonyl (C=O) groups excluding carboxylic acids is 2. The quantitative estimate of drug-likeness (QED) is 0.809. The number of aromatic carboxylic acids is 1. The molecule has 2 saturated heterocycles. The van der Waals surface area contributed by atoms with Crippen molar-refractivity contribution in [3.63, 3.8) is 0 Å². The van der Waals surface area contributed by atoms with Gasteiger partial charge in [0.1, 0.15) is 5.54 Å². The molecule has 2 aliphatic rings. The number of carboxylic acid groups (broad SMARTS) is 1. The summed E-state index contributed by atoms with van der Waals surface area (Å²) in [5, 5.41) is 11.8. The van der Waals surface area contributed by atoms with Crippen LogP contribution in [0.2, 0.25) is 0 Å². The van der Waals surface area contributed by atoms with Crippen molar-refractivity contribution in [3.8, 4) is 0 Å². The number of benzene rings is 1. The molecule has 23 heavy (non-hydrogen) atoms. The van der Waals surface area contributed by atoms with Crippen LogP contribution in [0.5, 0.6) is 0 Å². The molecular weight excluding hydrogens is 298 g/mol. The van der Waals surface area contributed by atoms with E-state index in [9.17, 15) is 14.4 Å². The summed E-state index contributed by atoms with van der Waals surface area (Å²) in [5.74, 6) is -1.10. The number of hydrogen-bond donors (Lipinski definition) is 2. The standard InChI is InChI=1S/C16H19N3O4/c1-18-14(22)16(17-15(18)23)5-7-19(8-6-16)10-11-3-2-4-12(9-11)13(20)21/h2-4,9H,5-8,10H2,1H3,(H,17,23)(H,20,21). The first-order chi connectivity index (χ1) is 10.9. The van der Waals surface area contributed by atoms with Crippen molar-refractivity contribution in [1.82, 2.24) is 15.1 Å². The zero-order chi connectivity index (χ0) is 16.6. The summed E-state index contributed by atoms with van der Waals surface area (Å²) >= 11 is 0. The van der Waals surface area contributed by atoms with Gasteiger partial charge in [0.05, 0.1) is 5.56 Å². The van der Waals surface area contributed by atoms with Gasteiger partial charge in [-0.25, -0.2) is 9.59 Å². The van der Waals surface area contributed by atoms with E-state index < -0.39 is 11.5 Å². The van der Waals surface area contributed by atoms with Gasteiger partial charge >= 0.3 is 12.0 Å². The van der Waals surface area contributed by atoms with E-state index in [0.717, 1.165) is 10.5 Å². The molecule has 0 aromatic heterocycles. The molecule has 0 radical (unpaired) electrons. The number of hydrogen-bond acceptors (Lipinski definition) is 4. The molecule has 1 spiro atoms. The molecular formula is C16H19N3O4. The average Bonchev–Trinajstić information content (AvgIpc) is 2.74. The maximum Gasteiger partial charge on any atom is 0.335 e. The normalized spacial score (nSPS) is 20.8. The van der Waals surface area contributed by atoms with Crippen molar-refractivity contribution < 1.29 is 19.5 Å². The fourth-order valence-electron chi connectivity index (χ4n) is 3.25. The largest absolute Gasteiger partial charge is 0.478 e. The van der Waals surface area contributed by atoms with E-state index in [1.165, 1.54) is 7.05 Å². The number of imide groups is 1. The Bertz CT molecular complexity index is 665. The van der Waals surface area contributed by atoms with Crippen molar-refractivity contribution in [1.29, 1.82) is 0 Å². The third kappa shape index (κ3) is 2.79. The van der Waals surface area contributed by atoms with Crippen LogP contribution >= 0.6 is 0 Å². The molecule has 2 N–H and O–H groups in total. The van der Waals surface area contributed by atoms with E-state index in [-0.39, 0.29) is 17.5 Å². The Hall–Kier alpha value is -2.41. The molecule has 0 bridgehead atoms. The van der Waals surface area contributed by atoms with Crippen molar-refractivity contribution in [2.24, 2.45) is 0 Å². The second-order valence-electron chi connectivity index (χ2n) is 6.16. The Balaban J connectivity index is 1.64. The van der Waals surface area contributed by atoms with Gasteiger partial charge in [0.2, 0.25) is 0 Å². The van der Waals surface area contributed by atoms with Gasteiger partial charge in [0.15, 0.2) is 0 Å². The van der Waals surface area contributed by atoms with Crippen LogP contribution in [0.3, 0.4) is 0 Å². The number of carbonyl (C=O) groups is 3. The molecule has 0 unspecified atom stereocenters. The third-order valence-corrected chi connectivity index (χ3v) is 4.65. The average molecular weight is 317 g/mol. The molecule has 1 aromatic rings. The molecule has 2 aliphatic heterocycles. The van der Waals surface area contributed by atoms with Crippen molar-refractivity contribution in [2.45, 2.75) is 24.9 Å². The Morgan fingerprint density at radius 1 is 1.30 bits per heavy atom. The number of nitrogens with zero attached hydrogens (tertiary/aromatic N) is 2. The van der Waals surface area contributed by atoms with E-state index in [1.54, 1.807) is 18.2 Å². The molecule has 7 heteroatoms. The minimum atomic E-state index is -0.938. The topological polar surface area (TPSA) is 90.0 Å². The monoisotopic (exact) mass is 317 g/mol. The van der Waals surface area contributed by atoms with Gasteiger partial charge in [-0.05, 0) is 30.5 Å². The number of rotatable bonds is 3. The first-order valence-corrected chi connectivity index (χ1v) is 7.56. The van der Waals surface area contributed by atoms with Crippen LogP contribution in [0.25, 0.3) is 0 Å². The SMILES string of the molecule is CN1C(=O)NC2(CCN(Cc3cccc(C(=O)O)c3)CC2)C1=O. The molecule has 0 saturated carbocycles. The summed E-state index contributed by atoms with van der Waals surface area (Å²) in [6.07, 6.45) is 1.14. The number of likely N-dealkylation sites (tertiary alicyclic amines) is 1. The lowest BCUT2D eigenvalue weighted by atomic mass is 9.87. The van der Waals surface area contributed by atoms with Gasteiger partial charge < -0.3 is 10.4 Å². The lowest BCUT2D eigenvalue weighted by molar-refractivity contribution is -0.132. The molecule has 3 amide bonds. The molecule has 7 nitrogen and oxygen atoms in total. The van der Waals surface area contributed by atoms with Crippen molar-refractivity contribution in [2.75, 3.05) is 20.1 Å². The predicted octanol–water partition coefficient (Wildman–Crippen LogP) is 0.901. The Morgan fingerprint density at radius 3 is 2.57 bits per heavy atom. The maximum atomic E-state index is 12.2. The van der Waals surface area contributed by atoms with Crippen LogP contribution in [0.1, 0.15) is 28.8 Å². The summed E-state index contributed by atoms with van der Waals surface area (Å²) in [6, 6.07) is 6.54. The van der Waals surface area contributed by atoms with Gasteiger partial charge in [0, 0.05) is 26.7 Å². The highest BCUT2D eigenvalue weighted by atomic mass is 16.4. The van der Waals surface area contributed by atoms with Crippen molar-refractivity contribution >= 4 is 17.9 Å². The minimum Gasteiger partial charge on any atom is -0.478 e. The first-order valence-electron chi connectivity index (χ1n) is 7.56. The number of amides is 3. The van der Waals surface area contributed by atoms with Crippen LogP contribution in [-0.2, 0) is 11.3 Å². The van der Waals surface area contributed by atoms with Crippen LogP contribution in [0, 0.1) is 0 Å². The van der Waals surface area contributed by atoms with E-state index >= 15 is 0 Å². The number of piperidine rings is 1. The fourth-order valence-corrected chi connectivity index (χ4v) is 3.25. The van der Waals surface area contributed by atoms with Gasteiger partial charge in [-0.3, -0.25) is 14.6 Å². The second kappa shape index (κ2) is 5.66. The summed E-state index contributed by atoms with van der Waals surface area (Å²) in [5.41, 5.74) is 0.446. The highest BCUT2D eigenvalue weighted by Crippen LogP contribution is 2.29. The Morgan fingerprint density at radius 2 is 2.00 bits per heavy atom. The smallest absolute Gasteiger partial charge is 0.335 e. The van der Waals surface area contributed by atoms with Crippen LogP contribution in [0.4, 0.5) is 4.79 Å². The van der Waals surface area contributed by atoms with Crippen molar-refractivity contribution in [3.05, 3.63) is 35.4 Å². The second-order valence-corrected chi connectivity index (χ2v) is 6.16. The number of urea groups is 1. The summed E-state index contributed by atoms with van der Waals surface area (Å²) in [7, 11) is 1.50. The molecule has 0 atom stereocenters. The minimum absolute atomic E-state index is 0.157. The summed E-state index contributed by atoms with van der Waals surface area (Å²) in [4.78, 5) is 38.2. The molecule has 3 rings (SSSR count). The molecule has 2 heterocycles. The van der Waals surface area contributed by atoms with Crippen LogP contribution < -0.4 is 5.32 Å². The number of carboxylic acids is 1. The number of nitrogens with one attached hydrogen (secondary N) is 1. The van der Waals surface area contributed by atoms with E-state index in [1.807, 2.05) is 6.07 Å². The van der Waals surface area contributed by atoms with Gasteiger partial charge in [-0.15, -0.1) is 0 Å². The maximum absolute atomic E-state index is 12.2.